The minimum Gasteiger partial charge on any atom is -0.465 e. The van der Waals surface area contributed by atoms with Crippen molar-refractivity contribution in [2.24, 2.45) is 0 Å². The molecule has 0 aromatic carbocycles. The van der Waals surface area contributed by atoms with Gasteiger partial charge >= 0.3 is 0 Å². The van der Waals surface area contributed by atoms with Gasteiger partial charge in [-0.05, 0) is 42.6 Å². The van der Waals surface area contributed by atoms with E-state index in [0.717, 1.165) is 59.8 Å². The third-order valence-corrected chi connectivity index (χ3v) is 5.34. The highest BCUT2D eigenvalue weighted by atomic mass is 32.1. The van der Waals surface area contributed by atoms with Crippen LogP contribution >= 0.6 is 11.5 Å². The molecule has 0 amide bonds. The molecule has 0 atom stereocenters. The maximum absolute atomic E-state index is 5.73. The molecule has 136 valence electrons. The van der Waals surface area contributed by atoms with Crippen LogP contribution < -0.4 is 5.32 Å². The molecule has 4 heterocycles. The topological polar surface area (TPSA) is 67.1 Å². The number of anilines is 2. The zero-order valence-electron chi connectivity index (χ0n) is 15.3. The van der Waals surface area contributed by atoms with Crippen LogP contribution in [0, 0.1) is 6.92 Å². The molecule has 6 nitrogen and oxygen atoms in total. The van der Waals surface area contributed by atoms with E-state index in [1.807, 2.05) is 13.0 Å². The van der Waals surface area contributed by atoms with Crippen molar-refractivity contribution < 1.29 is 4.42 Å². The lowest BCUT2D eigenvalue weighted by Gasteiger charge is -2.28. The number of aromatic nitrogens is 3. The van der Waals surface area contributed by atoms with Gasteiger partial charge in [0, 0.05) is 25.1 Å². The number of aryl methyl sites for hydroxylation is 1. The molecule has 0 bridgehead atoms. The molecule has 1 N–H and O–H groups in total. The summed E-state index contributed by atoms with van der Waals surface area (Å²) in [7, 11) is 0. The van der Waals surface area contributed by atoms with Crippen molar-refractivity contribution in [1.29, 1.82) is 0 Å². The second-order valence-corrected chi connectivity index (χ2v) is 7.82. The van der Waals surface area contributed by atoms with E-state index < -0.39 is 0 Å². The number of nitrogens with one attached hydrogen (secondary N) is 1. The van der Waals surface area contributed by atoms with Crippen LogP contribution in [0.15, 0.2) is 28.9 Å². The first kappa shape index (κ1) is 17.2. The lowest BCUT2D eigenvalue weighted by atomic mass is 10.1. The second kappa shape index (κ2) is 7.17. The van der Waals surface area contributed by atoms with Crippen molar-refractivity contribution in [1.82, 2.24) is 19.2 Å². The Morgan fingerprint density at radius 2 is 2.19 bits per heavy atom. The molecule has 1 aliphatic heterocycles. The van der Waals surface area contributed by atoms with Gasteiger partial charge in [0.25, 0.3) is 0 Å². The summed E-state index contributed by atoms with van der Waals surface area (Å²) >= 11 is 1.48. The van der Waals surface area contributed by atoms with E-state index >= 15 is 0 Å². The van der Waals surface area contributed by atoms with Gasteiger partial charge in [-0.2, -0.15) is 4.37 Å². The van der Waals surface area contributed by atoms with Crippen LogP contribution in [0.1, 0.15) is 48.2 Å². The Kier molecular flexibility index (Phi) is 4.74. The Labute approximate surface area is 157 Å². The minimum atomic E-state index is 0.424. The highest BCUT2D eigenvalue weighted by Crippen LogP contribution is 2.29. The average molecular weight is 369 g/mol. The first-order valence-electron chi connectivity index (χ1n) is 8.92. The first-order valence-corrected chi connectivity index (χ1v) is 9.70. The summed E-state index contributed by atoms with van der Waals surface area (Å²) in [5.74, 6) is 3.26. The highest BCUT2D eigenvalue weighted by Gasteiger charge is 2.22. The van der Waals surface area contributed by atoms with Crippen molar-refractivity contribution >= 4 is 22.4 Å². The van der Waals surface area contributed by atoms with Crippen molar-refractivity contribution in [2.45, 2.75) is 46.2 Å². The lowest BCUT2D eigenvalue weighted by Crippen LogP contribution is -2.31. The Hall–Kier alpha value is -2.25. The largest absolute Gasteiger partial charge is 0.465 e. The van der Waals surface area contributed by atoms with Crippen molar-refractivity contribution in [3.05, 3.63) is 53.0 Å². The lowest BCUT2D eigenvalue weighted by molar-refractivity contribution is 0.222. The van der Waals surface area contributed by atoms with Gasteiger partial charge in [-0.1, -0.05) is 13.8 Å². The fraction of sp³-hybridized carbons (Fsp3) is 0.421. The Bertz CT molecular complexity index is 901. The Morgan fingerprint density at radius 1 is 1.31 bits per heavy atom. The maximum atomic E-state index is 5.73. The summed E-state index contributed by atoms with van der Waals surface area (Å²) in [4.78, 5) is 11.4. The van der Waals surface area contributed by atoms with E-state index in [4.69, 9.17) is 4.42 Å². The van der Waals surface area contributed by atoms with Crippen LogP contribution in [-0.2, 0) is 19.5 Å². The van der Waals surface area contributed by atoms with Crippen LogP contribution in [0.3, 0.4) is 0 Å². The summed E-state index contributed by atoms with van der Waals surface area (Å²) in [6.45, 7) is 8.87. The minimum absolute atomic E-state index is 0.424. The molecule has 3 aromatic heterocycles. The first-order chi connectivity index (χ1) is 12.6. The quantitative estimate of drug-likeness (QED) is 0.725. The van der Waals surface area contributed by atoms with Gasteiger partial charge in [0.15, 0.2) is 0 Å². The number of hydrogen-bond acceptors (Lipinski definition) is 7. The molecule has 4 rings (SSSR count). The Balaban J connectivity index is 1.53. The highest BCUT2D eigenvalue weighted by molar-refractivity contribution is 7.10. The van der Waals surface area contributed by atoms with Crippen LogP contribution in [0.25, 0.3) is 0 Å². The molecule has 1 aliphatic rings. The van der Waals surface area contributed by atoms with Gasteiger partial charge in [-0.15, -0.1) is 0 Å². The molecule has 0 saturated carbocycles. The molecular weight excluding hydrogens is 346 g/mol. The van der Waals surface area contributed by atoms with Crippen molar-refractivity contribution in [3.8, 4) is 0 Å². The standard InChI is InChI=1S/C19H23N5OS/c1-12(2)17-8-18(26-23-17)22-19-15-10-24(7-6-16(15)20-11-21-19)9-14-5-4-13(3)25-14/h4-5,8,11-12H,6-7,9-10H2,1-3H3,(H,20,21,22). The molecule has 0 saturated heterocycles. The van der Waals surface area contributed by atoms with Gasteiger partial charge in [0.1, 0.15) is 28.7 Å². The maximum Gasteiger partial charge on any atom is 0.139 e. The fourth-order valence-corrected chi connectivity index (χ4v) is 3.95. The van der Waals surface area contributed by atoms with E-state index in [1.165, 1.54) is 17.1 Å². The second-order valence-electron chi connectivity index (χ2n) is 7.02. The number of nitrogens with zero attached hydrogens (tertiary/aromatic N) is 4. The predicted molar refractivity (Wildman–Crippen MR) is 103 cm³/mol. The predicted octanol–water partition coefficient (Wildman–Crippen LogP) is 4.26. The zero-order chi connectivity index (χ0) is 18.1. The third kappa shape index (κ3) is 3.64. The smallest absolute Gasteiger partial charge is 0.139 e. The zero-order valence-corrected chi connectivity index (χ0v) is 16.1. The summed E-state index contributed by atoms with van der Waals surface area (Å²) in [5.41, 5.74) is 3.40. The van der Waals surface area contributed by atoms with E-state index in [9.17, 15) is 0 Å². The van der Waals surface area contributed by atoms with E-state index in [1.54, 1.807) is 6.33 Å². The van der Waals surface area contributed by atoms with E-state index in [-0.39, 0.29) is 0 Å². The van der Waals surface area contributed by atoms with Crippen molar-refractivity contribution in [2.75, 3.05) is 11.9 Å². The third-order valence-electron chi connectivity index (χ3n) is 4.62. The molecule has 7 heteroatoms. The number of hydrogen-bond donors (Lipinski definition) is 1. The molecule has 0 unspecified atom stereocenters. The number of rotatable bonds is 5. The van der Waals surface area contributed by atoms with E-state index in [0.29, 0.717) is 5.92 Å². The molecule has 0 fully saturated rings. The van der Waals surface area contributed by atoms with E-state index in [2.05, 4.69) is 50.5 Å². The van der Waals surface area contributed by atoms with Crippen LogP contribution in [0.2, 0.25) is 0 Å². The van der Waals surface area contributed by atoms with Crippen LogP contribution in [0.5, 0.6) is 0 Å². The number of furan rings is 1. The van der Waals surface area contributed by atoms with Gasteiger partial charge in [-0.3, -0.25) is 4.90 Å². The SMILES string of the molecule is Cc1ccc(CN2CCc3ncnc(Nc4cc(C(C)C)ns4)c3C2)o1. The van der Waals surface area contributed by atoms with Crippen LogP contribution in [0.4, 0.5) is 10.8 Å². The monoisotopic (exact) mass is 369 g/mol. The molecule has 0 aliphatic carbocycles. The van der Waals surface area contributed by atoms with Crippen molar-refractivity contribution in [3.63, 3.8) is 0 Å². The summed E-state index contributed by atoms with van der Waals surface area (Å²) in [6, 6.07) is 6.17. The number of fused-ring (bicyclic) bond motifs is 1. The summed E-state index contributed by atoms with van der Waals surface area (Å²) in [6.07, 6.45) is 2.57. The van der Waals surface area contributed by atoms with Gasteiger partial charge in [0.05, 0.1) is 17.9 Å². The van der Waals surface area contributed by atoms with Gasteiger partial charge in [-0.25, -0.2) is 9.97 Å². The van der Waals surface area contributed by atoms with Gasteiger partial charge in [0.2, 0.25) is 0 Å². The molecule has 0 spiro atoms. The summed E-state index contributed by atoms with van der Waals surface area (Å²) < 4.78 is 10.2. The molecule has 26 heavy (non-hydrogen) atoms. The molecule has 3 aromatic rings. The molecular formula is C19H23N5OS. The normalized spacial score (nSPS) is 14.6. The Morgan fingerprint density at radius 3 is 2.92 bits per heavy atom. The summed E-state index contributed by atoms with van der Waals surface area (Å²) in [5, 5.41) is 4.47. The van der Waals surface area contributed by atoms with Crippen LogP contribution in [-0.4, -0.2) is 25.8 Å². The fourth-order valence-electron chi connectivity index (χ4n) is 3.17. The average Bonchev–Trinajstić information content (AvgIpc) is 3.25. The molecule has 0 radical (unpaired) electrons. The van der Waals surface area contributed by atoms with Gasteiger partial charge < -0.3 is 9.73 Å².